The van der Waals surface area contributed by atoms with Crippen LogP contribution in [0.1, 0.15) is 17.2 Å². The van der Waals surface area contributed by atoms with Crippen LogP contribution < -0.4 is 5.73 Å². The third-order valence-electron chi connectivity index (χ3n) is 2.87. The van der Waals surface area contributed by atoms with Gasteiger partial charge in [0.15, 0.2) is 4.34 Å². The standard InChI is InChI=1S/C12H13N3OS2/c13-11-14-15-12(18-11)17-7-10-9-4-2-1-3-8(9)5-6-16-10/h1-4,10H,5-7H2,(H2,13,14). The van der Waals surface area contributed by atoms with Crippen LogP contribution in [0.4, 0.5) is 5.13 Å². The van der Waals surface area contributed by atoms with Crippen molar-refractivity contribution in [3.8, 4) is 0 Å². The second-order valence-corrected chi connectivity index (χ2v) is 6.30. The van der Waals surface area contributed by atoms with Crippen molar-refractivity contribution in [1.82, 2.24) is 10.2 Å². The summed E-state index contributed by atoms with van der Waals surface area (Å²) in [6, 6.07) is 8.47. The van der Waals surface area contributed by atoms with Crippen LogP contribution in [0.25, 0.3) is 0 Å². The van der Waals surface area contributed by atoms with Crippen LogP contribution in [0, 0.1) is 0 Å². The van der Waals surface area contributed by atoms with Crippen LogP contribution >= 0.6 is 23.1 Å². The fourth-order valence-corrected chi connectivity index (χ4v) is 3.75. The summed E-state index contributed by atoms with van der Waals surface area (Å²) in [6.45, 7) is 0.792. The lowest BCUT2D eigenvalue weighted by Crippen LogP contribution is -2.17. The molecule has 1 aromatic heterocycles. The number of nitrogen functional groups attached to an aromatic ring is 1. The van der Waals surface area contributed by atoms with Gasteiger partial charge in [-0.2, -0.15) is 0 Å². The molecule has 3 rings (SSSR count). The van der Waals surface area contributed by atoms with E-state index in [4.69, 9.17) is 10.5 Å². The molecule has 94 valence electrons. The highest BCUT2D eigenvalue weighted by molar-refractivity contribution is 8.01. The lowest BCUT2D eigenvalue weighted by Gasteiger charge is -2.25. The van der Waals surface area contributed by atoms with Crippen molar-refractivity contribution >= 4 is 28.2 Å². The summed E-state index contributed by atoms with van der Waals surface area (Å²) in [5.41, 5.74) is 8.26. The van der Waals surface area contributed by atoms with Crippen molar-refractivity contribution in [2.45, 2.75) is 16.9 Å². The highest BCUT2D eigenvalue weighted by Gasteiger charge is 2.21. The number of rotatable bonds is 3. The highest BCUT2D eigenvalue weighted by Crippen LogP contribution is 2.33. The van der Waals surface area contributed by atoms with Crippen molar-refractivity contribution in [2.75, 3.05) is 18.1 Å². The molecule has 18 heavy (non-hydrogen) atoms. The first-order chi connectivity index (χ1) is 8.83. The van der Waals surface area contributed by atoms with Crippen molar-refractivity contribution in [1.29, 1.82) is 0 Å². The number of thioether (sulfide) groups is 1. The van der Waals surface area contributed by atoms with E-state index < -0.39 is 0 Å². The molecule has 0 fully saturated rings. The molecule has 4 nitrogen and oxygen atoms in total. The number of ether oxygens (including phenoxy) is 1. The van der Waals surface area contributed by atoms with E-state index in [9.17, 15) is 0 Å². The van der Waals surface area contributed by atoms with Gasteiger partial charge in [0.1, 0.15) is 0 Å². The highest BCUT2D eigenvalue weighted by atomic mass is 32.2. The minimum absolute atomic E-state index is 0.144. The van der Waals surface area contributed by atoms with Gasteiger partial charge in [0.05, 0.1) is 12.7 Å². The number of hydrogen-bond donors (Lipinski definition) is 1. The maximum atomic E-state index is 5.84. The molecular formula is C12H13N3OS2. The number of anilines is 1. The molecule has 0 radical (unpaired) electrons. The summed E-state index contributed by atoms with van der Waals surface area (Å²) in [5.74, 6) is 0.853. The van der Waals surface area contributed by atoms with Crippen molar-refractivity contribution in [3.05, 3.63) is 35.4 Å². The maximum absolute atomic E-state index is 5.84. The van der Waals surface area contributed by atoms with Gasteiger partial charge in [0, 0.05) is 5.75 Å². The molecule has 1 unspecified atom stereocenters. The van der Waals surface area contributed by atoms with E-state index in [0.29, 0.717) is 5.13 Å². The molecule has 2 heterocycles. The average Bonchev–Trinajstić information content (AvgIpc) is 2.82. The zero-order valence-corrected chi connectivity index (χ0v) is 11.3. The van der Waals surface area contributed by atoms with Crippen LogP contribution in [0.15, 0.2) is 28.6 Å². The van der Waals surface area contributed by atoms with Gasteiger partial charge in [-0.15, -0.1) is 10.2 Å². The van der Waals surface area contributed by atoms with Crippen LogP contribution in [0.5, 0.6) is 0 Å². The molecule has 1 aliphatic heterocycles. The van der Waals surface area contributed by atoms with E-state index in [1.165, 1.54) is 22.5 Å². The molecule has 2 N–H and O–H groups in total. The number of nitrogens with zero attached hydrogens (tertiary/aromatic N) is 2. The van der Waals surface area contributed by atoms with Crippen LogP contribution in [0.2, 0.25) is 0 Å². The molecule has 0 amide bonds. The number of fused-ring (bicyclic) bond motifs is 1. The summed E-state index contributed by atoms with van der Waals surface area (Å²) in [5, 5.41) is 8.33. The lowest BCUT2D eigenvalue weighted by atomic mass is 9.99. The Morgan fingerprint density at radius 2 is 2.28 bits per heavy atom. The fraction of sp³-hybridized carbons (Fsp3) is 0.333. The largest absolute Gasteiger partial charge is 0.374 e. The average molecular weight is 279 g/mol. The Hall–Kier alpha value is -1.11. The van der Waals surface area contributed by atoms with Gasteiger partial charge >= 0.3 is 0 Å². The van der Waals surface area contributed by atoms with Gasteiger partial charge in [-0.3, -0.25) is 0 Å². The Kier molecular flexibility index (Phi) is 3.49. The van der Waals surface area contributed by atoms with Crippen molar-refractivity contribution in [3.63, 3.8) is 0 Å². The quantitative estimate of drug-likeness (QED) is 0.875. The van der Waals surface area contributed by atoms with E-state index in [0.717, 1.165) is 23.1 Å². The first kappa shape index (κ1) is 12.0. The molecule has 0 saturated heterocycles. The minimum atomic E-state index is 0.144. The third-order valence-corrected chi connectivity index (χ3v) is 4.82. The van der Waals surface area contributed by atoms with E-state index in [-0.39, 0.29) is 6.10 Å². The molecule has 1 atom stereocenters. The monoisotopic (exact) mass is 279 g/mol. The topological polar surface area (TPSA) is 61.0 Å². The van der Waals surface area contributed by atoms with Gasteiger partial charge in [-0.1, -0.05) is 47.4 Å². The Morgan fingerprint density at radius 3 is 3.11 bits per heavy atom. The normalized spacial score (nSPS) is 18.6. The Labute approximate surface area is 114 Å². The lowest BCUT2D eigenvalue weighted by molar-refractivity contribution is 0.0588. The zero-order valence-electron chi connectivity index (χ0n) is 9.70. The molecular weight excluding hydrogens is 266 g/mol. The Balaban J connectivity index is 1.71. The van der Waals surface area contributed by atoms with Gasteiger partial charge in [0.25, 0.3) is 0 Å². The molecule has 0 aliphatic carbocycles. The smallest absolute Gasteiger partial charge is 0.203 e. The number of nitrogens with two attached hydrogens (primary N) is 1. The molecule has 0 bridgehead atoms. The fourth-order valence-electron chi connectivity index (χ4n) is 2.04. The SMILES string of the molecule is Nc1nnc(SCC2OCCc3ccccc32)s1. The molecule has 6 heteroatoms. The third kappa shape index (κ3) is 2.50. The Morgan fingerprint density at radius 1 is 1.39 bits per heavy atom. The number of aromatic nitrogens is 2. The second kappa shape index (κ2) is 5.26. The predicted octanol–water partition coefficient (Wildman–Crippen LogP) is 2.53. The number of hydrogen-bond acceptors (Lipinski definition) is 6. The van der Waals surface area contributed by atoms with Gasteiger partial charge in [-0.05, 0) is 17.5 Å². The first-order valence-electron chi connectivity index (χ1n) is 5.74. The van der Waals surface area contributed by atoms with Gasteiger partial charge < -0.3 is 10.5 Å². The molecule has 2 aromatic rings. The maximum Gasteiger partial charge on any atom is 0.203 e. The van der Waals surface area contributed by atoms with Crippen molar-refractivity contribution < 1.29 is 4.74 Å². The summed E-state index contributed by atoms with van der Waals surface area (Å²) in [4.78, 5) is 0. The second-order valence-electron chi connectivity index (χ2n) is 4.03. The van der Waals surface area contributed by atoms with Crippen LogP contribution in [-0.2, 0) is 11.2 Å². The molecule has 0 spiro atoms. The van der Waals surface area contributed by atoms with E-state index in [2.05, 4.69) is 34.5 Å². The van der Waals surface area contributed by atoms with E-state index in [1.807, 2.05) is 0 Å². The van der Waals surface area contributed by atoms with Gasteiger partial charge in [0.2, 0.25) is 5.13 Å². The van der Waals surface area contributed by atoms with Crippen LogP contribution in [0.3, 0.4) is 0 Å². The molecule has 0 saturated carbocycles. The van der Waals surface area contributed by atoms with E-state index >= 15 is 0 Å². The predicted molar refractivity (Wildman–Crippen MR) is 73.9 cm³/mol. The minimum Gasteiger partial charge on any atom is -0.374 e. The summed E-state index contributed by atoms with van der Waals surface area (Å²) in [6.07, 6.45) is 1.15. The van der Waals surface area contributed by atoms with Crippen LogP contribution in [-0.4, -0.2) is 22.6 Å². The first-order valence-corrected chi connectivity index (χ1v) is 7.54. The Bertz CT molecular complexity index is 544. The zero-order chi connectivity index (χ0) is 12.4. The summed E-state index contributed by atoms with van der Waals surface area (Å²) >= 11 is 3.07. The molecule has 1 aromatic carbocycles. The summed E-state index contributed by atoms with van der Waals surface area (Å²) < 4.78 is 6.74. The summed E-state index contributed by atoms with van der Waals surface area (Å²) in [7, 11) is 0. The van der Waals surface area contributed by atoms with Gasteiger partial charge in [-0.25, -0.2) is 0 Å². The van der Waals surface area contributed by atoms with Crippen molar-refractivity contribution in [2.24, 2.45) is 0 Å². The number of benzene rings is 1. The molecule has 1 aliphatic rings. The van der Waals surface area contributed by atoms with E-state index in [1.54, 1.807) is 11.8 Å².